The van der Waals surface area contributed by atoms with E-state index in [9.17, 15) is 4.79 Å². The monoisotopic (exact) mass is 384 g/mol. The van der Waals surface area contributed by atoms with Gasteiger partial charge < -0.3 is 15.0 Å². The first-order chi connectivity index (χ1) is 11.5. The van der Waals surface area contributed by atoms with Gasteiger partial charge in [-0.2, -0.15) is 5.10 Å². The lowest BCUT2D eigenvalue weighted by molar-refractivity contribution is -0.121. The second-order valence-corrected chi connectivity index (χ2v) is 6.44. The number of methoxy groups -OCH3 is 1. The van der Waals surface area contributed by atoms with Crippen LogP contribution in [0.5, 0.6) is 5.75 Å². The Kier molecular flexibility index (Phi) is 6.32. The summed E-state index contributed by atoms with van der Waals surface area (Å²) >= 11 is 6.18. The van der Waals surface area contributed by atoms with Gasteiger partial charge in [0.25, 0.3) is 0 Å². The summed E-state index contributed by atoms with van der Waals surface area (Å²) in [5, 5.41) is 8.03. The number of nitrogens with zero attached hydrogens (tertiary/aromatic N) is 3. The molecule has 1 aromatic carbocycles. The first kappa shape index (κ1) is 19.6. The summed E-state index contributed by atoms with van der Waals surface area (Å²) in [6.07, 6.45) is 3.81. The number of ether oxygens (including phenoxy) is 1. The number of carbonyl (C=O) groups is 1. The van der Waals surface area contributed by atoms with Gasteiger partial charge in [0.15, 0.2) is 0 Å². The molecule has 136 valence electrons. The van der Waals surface area contributed by atoms with Gasteiger partial charge in [0.1, 0.15) is 5.75 Å². The van der Waals surface area contributed by atoms with Crippen molar-refractivity contribution in [2.45, 2.75) is 5.92 Å². The first-order valence-corrected chi connectivity index (χ1v) is 8.19. The molecule has 2 atom stereocenters. The number of anilines is 1. The van der Waals surface area contributed by atoms with Crippen molar-refractivity contribution in [3.63, 3.8) is 0 Å². The van der Waals surface area contributed by atoms with Gasteiger partial charge in [-0.05, 0) is 23.8 Å². The lowest BCUT2D eigenvalue weighted by atomic mass is 9.90. The van der Waals surface area contributed by atoms with Crippen molar-refractivity contribution in [1.29, 1.82) is 0 Å². The summed E-state index contributed by atoms with van der Waals surface area (Å²) < 4.78 is 6.93. The van der Waals surface area contributed by atoms with Gasteiger partial charge in [0.05, 0.1) is 24.2 Å². The van der Waals surface area contributed by atoms with Crippen LogP contribution in [-0.2, 0) is 11.8 Å². The smallest absolute Gasteiger partial charge is 0.231 e. The molecule has 1 saturated heterocycles. The minimum Gasteiger partial charge on any atom is -0.495 e. The van der Waals surface area contributed by atoms with E-state index in [-0.39, 0.29) is 30.2 Å². The maximum atomic E-state index is 13.0. The highest BCUT2D eigenvalue weighted by Crippen LogP contribution is 2.33. The normalized spacial score (nSPS) is 19.4. The molecule has 1 aliphatic heterocycles. The maximum Gasteiger partial charge on any atom is 0.231 e. The Hall–Kier alpha value is -1.76. The van der Waals surface area contributed by atoms with Gasteiger partial charge in [0, 0.05) is 45.0 Å². The third kappa shape index (κ3) is 3.92. The molecule has 25 heavy (non-hydrogen) atoms. The molecule has 3 rings (SSSR count). The van der Waals surface area contributed by atoms with Crippen LogP contribution in [0.2, 0.25) is 5.02 Å². The predicted molar refractivity (Wildman–Crippen MR) is 101 cm³/mol. The van der Waals surface area contributed by atoms with Crippen LogP contribution in [0.15, 0.2) is 30.6 Å². The minimum atomic E-state index is -0.125. The minimum absolute atomic E-state index is 0. The number of carbonyl (C=O) groups excluding carboxylic acids is 1. The van der Waals surface area contributed by atoms with Crippen LogP contribution in [0.3, 0.4) is 0 Å². The Morgan fingerprint density at radius 2 is 2.20 bits per heavy atom. The molecule has 8 heteroatoms. The average molecular weight is 385 g/mol. The predicted octanol–water partition coefficient (Wildman–Crippen LogP) is 2.47. The SMILES string of the molecule is COc1ccc(N(C)C(=O)[C@H]2CNC[C@@H]2c2cnn(C)c2)cc1Cl.Cl. The van der Waals surface area contributed by atoms with Crippen molar-refractivity contribution in [2.75, 3.05) is 32.1 Å². The molecule has 0 radical (unpaired) electrons. The Morgan fingerprint density at radius 3 is 2.80 bits per heavy atom. The molecule has 0 unspecified atom stereocenters. The average Bonchev–Trinajstić information content (AvgIpc) is 3.21. The molecule has 1 N–H and O–H groups in total. The summed E-state index contributed by atoms with van der Waals surface area (Å²) in [6.45, 7) is 1.44. The molecule has 6 nitrogen and oxygen atoms in total. The van der Waals surface area contributed by atoms with Crippen LogP contribution < -0.4 is 15.0 Å². The van der Waals surface area contributed by atoms with Gasteiger partial charge in [0.2, 0.25) is 5.91 Å². The highest BCUT2D eigenvalue weighted by atomic mass is 35.5. The van der Waals surface area contributed by atoms with Crippen molar-refractivity contribution in [3.8, 4) is 5.75 Å². The van der Waals surface area contributed by atoms with Crippen LogP contribution in [0.4, 0.5) is 5.69 Å². The Labute approximate surface area is 158 Å². The molecular formula is C17H22Cl2N4O2. The number of aryl methyl sites for hydroxylation is 1. The zero-order valence-corrected chi connectivity index (χ0v) is 16.0. The fraction of sp³-hybridized carbons (Fsp3) is 0.412. The summed E-state index contributed by atoms with van der Waals surface area (Å²) in [5.74, 6) is 0.662. The number of hydrogen-bond donors (Lipinski definition) is 1. The van der Waals surface area contributed by atoms with E-state index in [1.807, 2.05) is 25.5 Å². The van der Waals surface area contributed by atoms with Crippen molar-refractivity contribution in [1.82, 2.24) is 15.1 Å². The largest absolute Gasteiger partial charge is 0.495 e. The highest BCUT2D eigenvalue weighted by Gasteiger charge is 2.36. The van der Waals surface area contributed by atoms with Crippen LogP contribution in [0.1, 0.15) is 11.5 Å². The van der Waals surface area contributed by atoms with E-state index in [1.165, 1.54) is 0 Å². The van der Waals surface area contributed by atoms with Gasteiger partial charge in [-0.3, -0.25) is 9.48 Å². The van der Waals surface area contributed by atoms with E-state index in [0.29, 0.717) is 17.3 Å². The number of nitrogens with one attached hydrogen (secondary N) is 1. The van der Waals surface area contributed by atoms with E-state index < -0.39 is 0 Å². The number of amides is 1. The molecule has 1 aromatic heterocycles. The molecule has 1 aliphatic rings. The molecule has 1 amide bonds. The zero-order chi connectivity index (χ0) is 17.3. The van der Waals surface area contributed by atoms with Crippen molar-refractivity contribution >= 4 is 35.6 Å². The zero-order valence-electron chi connectivity index (χ0n) is 14.4. The van der Waals surface area contributed by atoms with Gasteiger partial charge in [-0.1, -0.05) is 11.6 Å². The summed E-state index contributed by atoms with van der Waals surface area (Å²) in [5.41, 5.74) is 1.84. The maximum absolute atomic E-state index is 13.0. The second-order valence-electron chi connectivity index (χ2n) is 6.03. The van der Waals surface area contributed by atoms with E-state index in [2.05, 4.69) is 10.4 Å². The van der Waals surface area contributed by atoms with Crippen LogP contribution in [0.25, 0.3) is 0 Å². The van der Waals surface area contributed by atoms with Crippen LogP contribution >= 0.6 is 24.0 Å². The number of benzene rings is 1. The lowest BCUT2D eigenvalue weighted by Gasteiger charge is -2.24. The van der Waals surface area contributed by atoms with Gasteiger partial charge in [-0.25, -0.2) is 0 Å². The summed E-state index contributed by atoms with van der Waals surface area (Å²) in [7, 11) is 5.23. The third-order valence-corrected chi connectivity index (χ3v) is 4.83. The van der Waals surface area contributed by atoms with E-state index >= 15 is 0 Å². The second kappa shape index (κ2) is 8.08. The fourth-order valence-corrected chi connectivity index (χ4v) is 3.41. The standard InChI is InChI=1S/C17H21ClN4O2.ClH/c1-21-10-11(7-20-21)13-8-19-9-14(13)17(23)22(2)12-4-5-16(24-3)15(18)6-12;/h4-7,10,13-14,19H,8-9H2,1-3H3;1H/t13-,14+;/m1./s1. The Balaban J connectivity index is 0.00000225. The third-order valence-electron chi connectivity index (χ3n) is 4.54. The molecule has 0 bridgehead atoms. The van der Waals surface area contributed by atoms with Crippen molar-refractivity contribution < 1.29 is 9.53 Å². The summed E-state index contributed by atoms with van der Waals surface area (Å²) in [6, 6.07) is 5.36. The van der Waals surface area contributed by atoms with E-state index in [1.54, 1.807) is 35.9 Å². The molecule has 0 spiro atoms. The fourth-order valence-electron chi connectivity index (χ4n) is 3.16. The molecule has 0 saturated carbocycles. The van der Waals surface area contributed by atoms with Crippen molar-refractivity contribution in [3.05, 3.63) is 41.2 Å². The Morgan fingerprint density at radius 1 is 1.44 bits per heavy atom. The van der Waals surface area contributed by atoms with E-state index in [4.69, 9.17) is 16.3 Å². The van der Waals surface area contributed by atoms with Crippen LogP contribution in [-0.4, -0.2) is 42.9 Å². The molecule has 2 heterocycles. The number of hydrogen-bond acceptors (Lipinski definition) is 4. The number of halogens is 2. The molecular weight excluding hydrogens is 363 g/mol. The molecule has 0 aliphatic carbocycles. The number of aromatic nitrogens is 2. The molecule has 2 aromatic rings. The van der Waals surface area contributed by atoms with Crippen molar-refractivity contribution in [2.24, 2.45) is 13.0 Å². The Bertz CT molecular complexity index is 750. The topological polar surface area (TPSA) is 59.4 Å². The van der Waals surface area contributed by atoms with E-state index in [0.717, 1.165) is 17.8 Å². The lowest BCUT2D eigenvalue weighted by Crippen LogP contribution is -2.36. The highest BCUT2D eigenvalue weighted by molar-refractivity contribution is 6.32. The number of rotatable bonds is 4. The first-order valence-electron chi connectivity index (χ1n) is 7.81. The summed E-state index contributed by atoms with van der Waals surface area (Å²) in [4.78, 5) is 14.6. The molecule has 1 fully saturated rings. The van der Waals surface area contributed by atoms with Crippen LogP contribution in [0, 0.1) is 5.92 Å². The van der Waals surface area contributed by atoms with Gasteiger partial charge >= 0.3 is 0 Å². The van der Waals surface area contributed by atoms with Gasteiger partial charge in [-0.15, -0.1) is 12.4 Å². The quantitative estimate of drug-likeness (QED) is 0.879.